The summed E-state index contributed by atoms with van der Waals surface area (Å²) in [5.74, 6) is 0. The molecule has 0 saturated carbocycles. The molecular formula is C21H23N3. The molecule has 2 aromatic carbocycles. The quantitative estimate of drug-likeness (QED) is 0.515. The van der Waals surface area contributed by atoms with E-state index in [1.807, 2.05) is 47.4 Å². The normalized spacial score (nSPS) is 11.3. The minimum Gasteiger partial charge on any atom is -0.333 e. The number of benzene rings is 2. The molecule has 3 nitrogen and oxygen atoms in total. The topological polar surface area (TPSA) is 50.9 Å². The Morgan fingerprint density at radius 3 is 2.58 bits per heavy atom. The standard InChI is InChI=1S/C21H23N3/c1-3-5-11-21(24(4-2)16-23)18-12-13-19(15-22)20(14-18)17-9-7-6-8-10-17/h4,6-10,12-14,16,21,23H,2-3,5,11H2,1H3. The smallest absolute Gasteiger partial charge is 0.0998 e. The summed E-state index contributed by atoms with van der Waals surface area (Å²) in [5, 5.41) is 17.1. The molecule has 2 rings (SSSR count). The molecule has 0 amide bonds. The number of nitrogens with one attached hydrogen (secondary N) is 1. The molecule has 0 spiro atoms. The van der Waals surface area contributed by atoms with Crippen molar-refractivity contribution in [1.29, 1.82) is 10.7 Å². The highest BCUT2D eigenvalue weighted by Crippen LogP contribution is 2.31. The van der Waals surface area contributed by atoms with Crippen LogP contribution in [-0.4, -0.2) is 11.2 Å². The second kappa shape index (κ2) is 8.69. The molecule has 0 saturated heterocycles. The molecule has 0 bridgehead atoms. The number of nitriles is 1. The summed E-state index contributed by atoms with van der Waals surface area (Å²) in [6.07, 6.45) is 6.12. The Morgan fingerprint density at radius 2 is 2.00 bits per heavy atom. The van der Waals surface area contributed by atoms with Gasteiger partial charge in [-0.15, -0.1) is 0 Å². The number of rotatable bonds is 8. The molecule has 0 aliphatic carbocycles. The van der Waals surface area contributed by atoms with Crippen molar-refractivity contribution in [2.24, 2.45) is 0 Å². The Hall–Kier alpha value is -2.86. The van der Waals surface area contributed by atoms with Crippen molar-refractivity contribution >= 4 is 6.34 Å². The highest BCUT2D eigenvalue weighted by molar-refractivity contribution is 5.71. The Labute approximate surface area is 144 Å². The lowest BCUT2D eigenvalue weighted by Gasteiger charge is -2.27. The fourth-order valence-electron chi connectivity index (χ4n) is 2.88. The van der Waals surface area contributed by atoms with E-state index in [1.54, 1.807) is 6.20 Å². The maximum absolute atomic E-state index is 9.44. The molecule has 1 N–H and O–H groups in total. The van der Waals surface area contributed by atoms with Crippen LogP contribution in [0.15, 0.2) is 61.3 Å². The molecule has 0 radical (unpaired) electrons. The predicted octanol–water partition coefficient (Wildman–Crippen LogP) is 5.51. The minimum absolute atomic E-state index is 0.0650. The van der Waals surface area contributed by atoms with Gasteiger partial charge in [-0.1, -0.05) is 62.7 Å². The van der Waals surface area contributed by atoms with E-state index in [-0.39, 0.29) is 6.04 Å². The summed E-state index contributed by atoms with van der Waals surface area (Å²) in [5.41, 5.74) is 3.74. The van der Waals surface area contributed by atoms with Crippen LogP contribution in [0, 0.1) is 16.7 Å². The molecule has 0 aliphatic heterocycles. The molecule has 122 valence electrons. The van der Waals surface area contributed by atoms with Gasteiger partial charge in [0.15, 0.2) is 0 Å². The van der Waals surface area contributed by atoms with Gasteiger partial charge < -0.3 is 4.90 Å². The summed E-state index contributed by atoms with van der Waals surface area (Å²) in [6.45, 7) is 5.98. The first kappa shape index (κ1) is 17.5. The van der Waals surface area contributed by atoms with Crippen molar-refractivity contribution in [2.45, 2.75) is 32.2 Å². The number of nitrogens with zero attached hydrogens (tertiary/aromatic N) is 2. The van der Waals surface area contributed by atoms with Crippen molar-refractivity contribution in [3.63, 3.8) is 0 Å². The Kier molecular flexibility index (Phi) is 6.33. The minimum atomic E-state index is 0.0650. The maximum atomic E-state index is 9.44. The van der Waals surface area contributed by atoms with Gasteiger partial charge in [-0.3, -0.25) is 5.41 Å². The Bertz CT molecular complexity index is 720. The van der Waals surface area contributed by atoms with Crippen LogP contribution in [0.3, 0.4) is 0 Å². The second-order valence-electron chi connectivity index (χ2n) is 5.70. The SMILES string of the molecule is C=CN(C=N)C(CCCC)c1ccc(C#N)c(-c2ccccc2)c1. The van der Waals surface area contributed by atoms with Gasteiger partial charge in [0.05, 0.1) is 24.0 Å². The first-order chi connectivity index (χ1) is 11.7. The lowest BCUT2D eigenvalue weighted by atomic mass is 9.93. The maximum Gasteiger partial charge on any atom is 0.0998 e. The van der Waals surface area contributed by atoms with Crippen LogP contribution in [0.5, 0.6) is 0 Å². The van der Waals surface area contributed by atoms with Crippen molar-refractivity contribution in [2.75, 3.05) is 0 Å². The highest BCUT2D eigenvalue weighted by Gasteiger charge is 2.17. The van der Waals surface area contributed by atoms with Crippen LogP contribution in [0.2, 0.25) is 0 Å². The lowest BCUT2D eigenvalue weighted by molar-refractivity contribution is 0.385. The van der Waals surface area contributed by atoms with E-state index >= 15 is 0 Å². The van der Waals surface area contributed by atoms with E-state index in [4.69, 9.17) is 5.41 Å². The van der Waals surface area contributed by atoms with Crippen molar-refractivity contribution in [1.82, 2.24) is 4.90 Å². The van der Waals surface area contributed by atoms with E-state index in [0.717, 1.165) is 36.0 Å². The highest BCUT2D eigenvalue weighted by atomic mass is 15.1. The largest absolute Gasteiger partial charge is 0.333 e. The zero-order valence-corrected chi connectivity index (χ0v) is 14.1. The monoisotopic (exact) mass is 317 g/mol. The summed E-state index contributed by atoms with van der Waals surface area (Å²) in [7, 11) is 0. The van der Waals surface area contributed by atoms with E-state index in [9.17, 15) is 5.26 Å². The molecule has 3 heteroatoms. The summed E-state index contributed by atoms with van der Waals surface area (Å²) in [4.78, 5) is 1.83. The van der Waals surface area contributed by atoms with Gasteiger partial charge in [-0.05, 0) is 41.4 Å². The van der Waals surface area contributed by atoms with E-state index in [0.29, 0.717) is 5.56 Å². The molecule has 1 unspecified atom stereocenters. The zero-order valence-electron chi connectivity index (χ0n) is 14.1. The van der Waals surface area contributed by atoms with Gasteiger partial charge in [-0.2, -0.15) is 5.26 Å². The third-order valence-corrected chi connectivity index (χ3v) is 4.18. The number of hydrogen-bond donors (Lipinski definition) is 1. The van der Waals surface area contributed by atoms with E-state index in [2.05, 4.69) is 25.6 Å². The van der Waals surface area contributed by atoms with Gasteiger partial charge in [0.2, 0.25) is 0 Å². The summed E-state index contributed by atoms with van der Waals surface area (Å²) < 4.78 is 0. The molecule has 24 heavy (non-hydrogen) atoms. The molecule has 0 aromatic heterocycles. The van der Waals surface area contributed by atoms with Gasteiger partial charge in [0.25, 0.3) is 0 Å². The third kappa shape index (κ3) is 3.91. The zero-order chi connectivity index (χ0) is 17.4. The average Bonchev–Trinajstić information content (AvgIpc) is 2.65. The Balaban J connectivity index is 2.50. The molecule has 0 heterocycles. The van der Waals surface area contributed by atoms with Gasteiger partial charge in [0, 0.05) is 0 Å². The predicted molar refractivity (Wildman–Crippen MR) is 99.7 cm³/mol. The summed E-state index contributed by atoms with van der Waals surface area (Å²) in [6, 6.07) is 18.3. The van der Waals surface area contributed by atoms with Crippen LogP contribution in [0.4, 0.5) is 0 Å². The second-order valence-corrected chi connectivity index (χ2v) is 5.70. The molecule has 1 atom stereocenters. The first-order valence-corrected chi connectivity index (χ1v) is 8.25. The average molecular weight is 317 g/mol. The van der Waals surface area contributed by atoms with E-state index < -0.39 is 0 Å². The molecule has 2 aromatic rings. The van der Waals surface area contributed by atoms with Crippen LogP contribution in [0.1, 0.15) is 43.4 Å². The van der Waals surface area contributed by atoms with Crippen LogP contribution < -0.4 is 0 Å². The number of unbranched alkanes of at least 4 members (excludes halogenated alkanes) is 1. The first-order valence-electron chi connectivity index (χ1n) is 8.25. The third-order valence-electron chi connectivity index (χ3n) is 4.18. The molecule has 0 aliphatic rings. The van der Waals surface area contributed by atoms with E-state index in [1.165, 1.54) is 6.34 Å². The van der Waals surface area contributed by atoms with Crippen LogP contribution in [-0.2, 0) is 0 Å². The van der Waals surface area contributed by atoms with Gasteiger partial charge >= 0.3 is 0 Å². The van der Waals surface area contributed by atoms with Gasteiger partial charge in [0.1, 0.15) is 0 Å². The fraction of sp³-hybridized carbons (Fsp3) is 0.238. The summed E-state index contributed by atoms with van der Waals surface area (Å²) >= 11 is 0. The Morgan fingerprint density at radius 1 is 1.25 bits per heavy atom. The van der Waals surface area contributed by atoms with Crippen LogP contribution in [0.25, 0.3) is 11.1 Å². The molecular weight excluding hydrogens is 294 g/mol. The van der Waals surface area contributed by atoms with Gasteiger partial charge in [-0.25, -0.2) is 0 Å². The molecule has 0 fully saturated rings. The lowest BCUT2D eigenvalue weighted by Crippen LogP contribution is -2.21. The number of hydrogen-bond acceptors (Lipinski definition) is 2. The fourth-order valence-corrected chi connectivity index (χ4v) is 2.88. The van der Waals surface area contributed by atoms with Crippen LogP contribution >= 0.6 is 0 Å². The van der Waals surface area contributed by atoms with Crippen molar-refractivity contribution in [3.8, 4) is 17.2 Å². The van der Waals surface area contributed by atoms with Crippen molar-refractivity contribution in [3.05, 3.63) is 72.4 Å². The van der Waals surface area contributed by atoms with Crippen molar-refractivity contribution < 1.29 is 0 Å².